The van der Waals surface area contributed by atoms with E-state index < -0.39 is 17.5 Å². The van der Waals surface area contributed by atoms with Gasteiger partial charge in [-0.3, -0.25) is 4.79 Å². The van der Waals surface area contributed by atoms with Crippen molar-refractivity contribution in [3.05, 3.63) is 64.7 Å². The molecule has 1 N–H and O–H groups in total. The van der Waals surface area contributed by atoms with Crippen molar-refractivity contribution in [2.45, 2.75) is 20.3 Å². The zero-order valence-electron chi connectivity index (χ0n) is 11.3. The highest BCUT2D eigenvalue weighted by molar-refractivity contribution is 6.05. The number of aryl methyl sites for hydroxylation is 2. The first-order valence-corrected chi connectivity index (χ1v) is 6.37. The van der Waals surface area contributed by atoms with Crippen LogP contribution in [0.2, 0.25) is 0 Å². The van der Waals surface area contributed by atoms with E-state index in [2.05, 4.69) is 5.32 Å². The van der Waals surface area contributed by atoms with E-state index in [9.17, 15) is 13.6 Å². The smallest absolute Gasteiger partial charge is 0.255 e. The number of hydrogen-bond donors (Lipinski definition) is 1. The number of para-hydroxylation sites is 1. The summed E-state index contributed by atoms with van der Waals surface area (Å²) in [5, 5.41) is 2.73. The molecule has 0 aliphatic carbocycles. The van der Waals surface area contributed by atoms with Crippen LogP contribution in [0, 0.1) is 18.6 Å². The molecule has 0 fully saturated rings. The summed E-state index contributed by atoms with van der Waals surface area (Å²) in [6.45, 7) is 3.85. The third-order valence-electron chi connectivity index (χ3n) is 3.10. The molecule has 0 atom stereocenters. The molecule has 104 valence electrons. The fourth-order valence-electron chi connectivity index (χ4n) is 2.07. The van der Waals surface area contributed by atoms with Crippen LogP contribution in [-0.2, 0) is 6.42 Å². The first-order valence-electron chi connectivity index (χ1n) is 6.37. The molecule has 0 heterocycles. The van der Waals surface area contributed by atoms with Crippen molar-refractivity contribution in [1.82, 2.24) is 0 Å². The van der Waals surface area contributed by atoms with Gasteiger partial charge in [0.25, 0.3) is 5.91 Å². The molecule has 0 aliphatic heterocycles. The van der Waals surface area contributed by atoms with Gasteiger partial charge in [-0.15, -0.1) is 0 Å². The summed E-state index contributed by atoms with van der Waals surface area (Å²) in [6, 6.07) is 8.47. The molecule has 0 saturated carbocycles. The van der Waals surface area contributed by atoms with Crippen molar-refractivity contribution in [3.8, 4) is 0 Å². The summed E-state index contributed by atoms with van der Waals surface area (Å²) in [4.78, 5) is 12.1. The van der Waals surface area contributed by atoms with Crippen LogP contribution in [0.25, 0.3) is 0 Å². The Bertz CT molecular complexity index is 633. The molecule has 2 rings (SSSR count). The highest BCUT2D eigenvalue weighted by Crippen LogP contribution is 2.22. The van der Waals surface area contributed by atoms with Gasteiger partial charge in [0, 0.05) is 17.3 Å². The second-order valence-corrected chi connectivity index (χ2v) is 4.57. The molecule has 2 nitrogen and oxygen atoms in total. The molecule has 1 amide bonds. The summed E-state index contributed by atoms with van der Waals surface area (Å²) >= 11 is 0. The van der Waals surface area contributed by atoms with Crippen molar-refractivity contribution in [2.24, 2.45) is 0 Å². The molecule has 20 heavy (non-hydrogen) atoms. The van der Waals surface area contributed by atoms with Gasteiger partial charge in [0.15, 0.2) is 0 Å². The summed E-state index contributed by atoms with van der Waals surface area (Å²) in [5.74, 6) is -2.06. The Morgan fingerprint density at radius 1 is 1.15 bits per heavy atom. The van der Waals surface area contributed by atoms with E-state index in [4.69, 9.17) is 0 Å². The van der Waals surface area contributed by atoms with Crippen LogP contribution in [0.1, 0.15) is 28.4 Å². The van der Waals surface area contributed by atoms with Gasteiger partial charge < -0.3 is 5.32 Å². The number of amides is 1. The number of anilines is 1. The molecule has 0 aliphatic rings. The third kappa shape index (κ3) is 3.02. The van der Waals surface area contributed by atoms with Gasteiger partial charge in [0.2, 0.25) is 0 Å². The Morgan fingerprint density at radius 3 is 2.40 bits per heavy atom. The van der Waals surface area contributed by atoms with E-state index in [-0.39, 0.29) is 5.56 Å². The van der Waals surface area contributed by atoms with E-state index in [1.165, 1.54) is 0 Å². The van der Waals surface area contributed by atoms with E-state index in [0.29, 0.717) is 5.69 Å². The first-order chi connectivity index (χ1) is 9.51. The minimum absolute atomic E-state index is 0.0344. The van der Waals surface area contributed by atoms with Crippen molar-refractivity contribution < 1.29 is 13.6 Å². The Hall–Kier alpha value is -2.23. The number of carbonyl (C=O) groups is 1. The number of nitrogens with one attached hydrogen (secondary N) is 1. The fraction of sp³-hybridized carbons (Fsp3) is 0.188. The number of benzene rings is 2. The minimum Gasteiger partial charge on any atom is -0.321 e. The second-order valence-electron chi connectivity index (χ2n) is 4.57. The zero-order chi connectivity index (χ0) is 14.7. The van der Waals surface area contributed by atoms with Gasteiger partial charge in [-0.1, -0.05) is 25.1 Å². The van der Waals surface area contributed by atoms with Crippen molar-refractivity contribution >= 4 is 11.6 Å². The van der Waals surface area contributed by atoms with Crippen LogP contribution >= 0.6 is 0 Å². The van der Waals surface area contributed by atoms with Gasteiger partial charge in [0.1, 0.15) is 11.6 Å². The van der Waals surface area contributed by atoms with Crippen molar-refractivity contribution in [2.75, 3.05) is 5.32 Å². The van der Waals surface area contributed by atoms with E-state index in [1.54, 1.807) is 0 Å². The van der Waals surface area contributed by atoms with Crippen molar-refractivity contribution in [3.63, 3.8) is 0 Å². The quantitative estimate of drug-likeness (QED) is 0.898. The maximum atomic E-state index is 13.1. The molecule has 4 heteroatoms. The molecule has 0 saturated heterocycles. The monoisotopic (exact) mass is 275 g/mol. The third-order valence-corrected chi connectivity index (χ3v) is 3.10. The van der Waals surface area contributed by atoms with Crippen LogP contribution in [0.15, 0.2) is 36.4 Å². The lowest BCUT2D eigenvalue weighted by Crippen LogP contribution is -2.14. The van der Waals surface area contributed by atoms with Gasteiger partial charge in [-0.05, 0) is 36.6 Å². The first kappa shape index (κ1) is 14.2. The largest absolute Gasteiger partial charge is 0.321 e. The maximum absolute atomic E-state index is 13.1. The predicted molar refractivity (Wildman–Crippen MR) is 74.9 cm³/mol. The average molecular weight is 275 g/mol. The number of rotatable bonds is 3. The summed E-state index contributed by atoms with van der Waals surface area (Å²) < 4.78 is 26.3. The molecule has 0 aromatic heterocycles. The Kier molecular flexibility index (Phi) is 4.13. The van der Waals surface area contributed by atoms with Crippen LogP contribution < -0.4 is 5.32 Å². The predicted octanol–water partition coefficient (Wildman–Crippen LogP) is 4.09. The normalized spacial score (nSPS) is 10.4. The molecule has 0 unspecified atom stereocenters. The maximum Gasteiger partial charge on any atom is 0.255 e. The number of halogens is 2. The Morgan fingerprint density at radius 2 is 1.80 bits per heavy atom. The lowest BCUT2D eigenvalue weighted by Gasteiger charge is -2.13. The standard InChI is InChI=1S/C16H15F2NO/c1-3-11-6-4-5-10(2)15(11)19-16(20)12-7-13(17)9-14(18)8-12/h4-9H,3H2,1-2H3,(H,19,20). The highest BCUT2D eigenvalue weighted by Gasteiger charge is 2.12. The van der Waals surface area contributed by atoms with Gasteiger partial charge in [0.05, 0.1) is 0 Å². The SMILES string of the molecule is CCc1cccc(C)c1NC(=O)c1cc(F)cc(F)c1. The Balaban J connectivity index is 2.32. The van der Waals surface area contributed by atoms with E-state index in [0.717, 1.165) is 35.7 Å². The molecule has 0 radical (unpaired) electrons. The second kappa shape index (κ2) is 5.82. The Labute approximate surface area is 116 Å². The summed E-state index contributed by atoms with van der Waals surface area (Å²) in [5.41, 5.74) is 2.56. The number of carbonyl (C=O) groups excluding carboxylic acids is 1. The van der Waals surface area contributed by atoms with Gasteiger partial charge in [-0.25, -0.2) is 8.78 Å². The van der Waals surface area contributed by atoms with Crippen LogP contribution in [0.5, 0.6) is 0 Å². The average Bonchev–Trinajstić information content (AvgIpc) is 2.39. The van der Waals surface area contributed by atoms with Gasteiger partial charge >= 0.3 is 0 Å². The van der Waals surface area contributed by atoms with Crippen LogP contribution in [-0.4, -0.2) is 5.91 Å². The summed E-state index contributed by atoms with van der Waals surface area (Å²) in [7, 11) is 0. The molecular formula is C16H15F2NO. The molecule has 2 aromatic carbocycles. The van der Waals surface area contributed by atoms with Crippen LogP contribution in [0.4, 0.5) is 14.5 Å². The molecule has 2 aromatic rings. The molecule has 0 bridgehead atoms. The lowest BCUT2D eigenvalue weighted by molar-refractivity contribution is 0.102. The topological polar surface area (TPSA) is 29.1 Å². The van der Waals surface area contributed by atoms with Crippen LogP contribution in [0.3, 0.4) is 0 Å². The molecule has 0 spiro atoms. The fourth-order valence-corrected chi connectivity index (χ4v) is 2.07. The lowest BCUT2D eigenvalue weighted by atomic mass is 10.1. The van der Waals surface area contributed by atoms with E-state index in [1.807, 2.05) is 32.0 Å². The minimum atomic E-state index is -0.768. The van der Waals surface area contributed by atoms with Crippen molar-refractivity contribution in [1.29, 1.82) is 0 Å². The number of hydrogen-bond acceptors (Lipinski definition) is 1. The summed E-state index contributed by atoms with van der Waals surface area (Å²) in [6.07, 6.45) is 0.759. The highest BCUT2D eigenvalue weighted by atomic mass is 19.1. The molecular weight excluding hydrogens is 260 g/mol. The zero-order valence-corrected chi connectivity index (χ0v) is 11.3. The van der Waals surface area contributed by atoms with Gasteiger partial charge in [-0.2, -0.15) is 0 Å². The van der Waals surface area contributed by atoms with E-state index >= 15 is 0 Å².